The Morgan fingerprint density at radius 3 is 2.13 bits per heavy atom. The van der Waals surface area contributed by atoms with Gasteiger partial charge in [0.05, 0.1) is 29.6 Å². The molecule has 6 aromatic heterocycles. The molecular formula is C44H37N9. The summed E-state index contributed by atoms with van der Waals surface area (Å²) in [5.74, 6) is 0. The first-order chi connectivity index (χ1) is 26.2. The second-order valence-electron chi connectivity index (χ2n) is 12.6. The second kappa shape index (κ2) is 15.5. The molecule has 9 nitrogen and oxygen atoms in total. The Morgan fingerprint density at radius 2 is 1.45 bits per heavy atom. The number of hydrogen-bond donors (Lipinski definition) is 1. The van der Waals surface area contributed by atoms with E-state index in [1.54, 1.807) is 31.0 Å². The number of allylic oxidation sites excluding steroid dienone is 3. The van der Waals surface area contributed by atoms with Gasteiger partial charge >= 0.3 is 0 Å². The van der Waals surface area contributed by atoms with Crippen LogP contribution in [0.3, 0.4) is 0 Å². The lowest BCUT2D eigenvalue weighted by Gasteiger charge is -2.24. The van der Waals surface area contributed by atoms with Crippen LogP contribution in [0.5, 0.6) is 0 Å². The summed E-state index contributed by atoms with van der Waals surface area (Å²) in [6.45, 7) is 0.682. The van der Waals surface area contributed by atoms with Crippen LogP contribution in [-0.2, 0) is 12.8 Å². The van der Waals surface area contributed by atoms with Gasteiger partial charge in [-0.3, -0.25) is 29.9 Å². The van der Waals surface area contributed by atoms with Gasteiger partial charge in [-0.05, 0) is 90.7 Å². The van der Waals surface area contributed by atoms with Gasteiger partial charge in [0.15, 0.2) is 0 Å². The first-order valence-corrected chi connectivity index (χ1v) is 17.6. The summed E-state index contributed by atoms with van der Waals surface area (Å²) in [7, 11) is 0. The fourth-order valence-corrected chi connectivity index (χ4v) is 6.62. The first-order valence-electron chi connectivity index (χ1n) is 17.6. The van der Waals surface area contributed by atoms with Gasteiger partial charge in [-0.25, -0.2) is 0 Å². The van der Waals surface area contributed by atoms with E-state index in [9.17, 15) is 0 Å². The number of anilines is 3. The van der Waals surface area contributed by atoms with Crippen LogP contribution in [0.1, 0.15) is 40.2 Å². The minimum atomic E-state index is 0.618. The third-order valence-electron chi connectivity index (χ3n) is 9.25. The molecule has 1 aliphatic heterocycles. The molecule has 7 aromatic rings. The van der Waals surface area contributed by atoms with Gasteiger partial charge in [-0.2, -0.15) is 0 Å². The van der Waals surface area contributed by atoms with Crippen LogP contribution in [0.25, 0.3) is 28.2 Å². The number of aryl methyl sites for hydroxylation is 1. The van der Waals surface area contributed by atoms with E-state index in [0.29, 0.717) is 13.0 Å². The number of hydrogen-bond acceptors (Lipinski definition) is 8. The monoisotopic (exact) mass is 691 g/mol. The average molecular weight is 692 g/mol. The van der Waals surface area contributed by atoms with Crippen LogP contribution < -0.4 is 10.6 Å². The van der Waals surface area contributed by atoms with Crippen LogP contribution in [0.2, 0.25) is 0 Å². The number of fused-ring (bicyclic) bond motifs is 3. The van der Waals surface area contributed by atoms with Gasteiger partial charge in [0.25, 0.3) is 0 Å². The maximum absolute atomic E-state index is 6.06. The van der Waals surface area contributed by atoms with Crippen LogP contribution in [0.15, 0.2) is 158 Å². The zero-order valence-electron chi connectivity index (χ0n) is 29.1. The van der Waals surface area contributed by atoms with Crippen molar-refractivity contribution in [1.82, 2.24) is 29.5 Å². The van der Waals surface area contributed by atoms with E-state index in [4.69, 9.17) is 15.7 Å². The summed E-state index contributed by atoms with van der Waals surface area (Å²) >= 11 is 0. The van der Waals surface area contributed by atoms with Gasteiger partial charge in [0.2, 0.25) is 0 Å². The summed E-state index contributed by atoms with van der Waals surface area (Å²) in [6.07, 6.45) is 29.2. The zero-order valence-corrected chi connectivity index (χ0v) is 29.1. The Balaban J connectivity index is 0.890. The maximum Gasteiger partial charge on any atom is 0.0645 e. The lowest BCUT2D eigenvalue weighted by atomic mass is 10.1. The van der Waals surface area contributed by atoms with E-state index < -0.39 is 0 Å². The van der Waals surface area contributed by atoms with Crippen molar-refractivity contribution < 1.29 is 0 Å². The number of nitrogens with zero attached hydrogens (tertiary/aromatic N) is 8. The number of benzene rings is 1. The molecule has 53 heavy (non-hydrogen) atoms. The maximum atomic E-state index is 6.06. The highest BCUT2D eigenvalue weighted by atomic mass is 15.1. The highest BCUT2D eigenvalue weighted by Gasteiger charge is 2.17. The summed E-state index contributed by atoms with van der Waals surface area (Å²) in [5.41, 5.74) is 18.5. The van der Waals surface area contributed by atoms with E-state index in [-0.39, 0.29) is 0 Å². The van der Waals surface area contributed by atoms with Crippen molar-refractivity contribution in [1.29, 1.82) is 0 Å². The fourth-order valence-electron chi connectivity index (χ4n) is 6.62. The second-order valence-corrected chi connectivity index (χ2v) is 12.6. The average Bonchev–Trinajstić information content (AvgIpc) is 3.33. The van der Waals surface area contributed by atoms with Gasteiger partial charge in [-0.15, -0.1) is 0 Å². The molecule has 0 saturated carbocycles. The molecule has 0 aliphatic carbocycles. The Bertz CT molecular complexity index is 2390. The molecule has 0 radical (unpaired) electrons. The lowest BCUT2D eigenvalue weighted by Crippen LogP contribution is -2.10. The normalized spacial score (nSPS) is 12.6. The van der Waals surface area contributed by atoms with Gasteiger partial charge < -0.3 is 15.2 Å². The summed E-state index contributed by atoms with van der Waals surface area (Å²) in [4.78, 5) is 28.9. The molecule has 0 unspecified atom stereocenters. The molecule has 0 spiro atoms. The Hall–Kier alpha value is -7.00. The third-order valence-corrected chi connectivity index (χ3v) is 9.25. The summed E-state index contributed by atoms with van der Waals surface area (Å²) < 4.78 is 2.29. The molecule has 0 bridgehead atoms. The fraction of sp³-hybridized carbons (Fsp3) is 0.0909. The molecule has 0 amide bonds. The molecule has 258 valence electrons. The quantitative estimate of drug-likeness (QED) is 0.135. The molecular weight excluding hydrogens is 655 g/mol. The highest BCUT2D eigenvalue weighted by Crippen LogP contribution is 2.33. The van der Waals surface area contributed by atoms with Crippen molar-refractivity contribution in [3.8, 4) is 5.69 Å². The van der Waals surface area contributed by atoms with Crippen LogP contribution in [-0.4, -0.2) is 42.2 Å². The van der Waals surface area contributed by atoms with Crippen molar-refractivity contribution in [2.75, 3.05) is 11.4 Å². The van der Waals surface area contributed by atoms with E-state index in [1.807, 2.05) is 67.4 Å². The first kappa shape index (κ1) is 33.2. The summed E-state index contributed by atoms with van der Waals surface area (Å²) in [6, 6.07) is 27.0. The third kappa shape index (κ3) is 7.27. The minimum Gasteiger partial charge on any atom is -0.404 e. The number of aromatic nitrogens is 6. The SMILES string of the molecule is N/C=C(\C=C/CCc1ccc(-n2c3c(c4cnccc42)C=NCC=C3)cc1)c1ccc(Cc2ccc(N(c3ccncc3)c3ccncc3)cn2)nc1. The van der Waals surface area contributed by atoms with Crippen molar-refractivity contribution in [2.45, 2.75) is 19.3 Å². The van der Waals surface area contributed by atoms with Gasteiger partial charge in [0, 0.05) is 107 Å². The Labute approximate surface area is 308 Å². The van der Waals surface area contributed by atoms with E-state index in [1.165, 1.54) is 5.56 Å². The Kier molecular flexibility index (Phi) is 9.69. The number of nitrogens with two attached hydrogens (primary N) is 1. The molecule has 9 heteroatoms. The smallest absolute Gasteiger partial charge is 0.0645 e. The number of aliphatic imine (C=N–C) groups is 1. The largest absolute Gasteiger partial charge is 0.404 e. The topological polar surface area (TPSA) is 111 Å². The predicted molar refractivity (Wildman–Crippen MR) is 214 cm³/mol. The minimum absolute atomic E-state index is 0.618. The molecule has 8 rings (SSSR count). The lowest BCUT2D eigenvalue weighted by molar-refractivity contribution is 0.996. The highest BCUT2D eigenvalue weighted by molar-refractivity contribution is 6.04. The molecule has 7 heterocycles. The van der Waals surface area contributed by atoms with Crippen molar-refractivity contribution in [2.24, 2.45) is 10.7 Å². The Morgan fingerprint density at radius 1 is 0.736 bits per heavy atom. The van der Waals surface area contributed by atoms with E-state index in [0.717, 1.165) is 80.3 Å². The molecule has 1 aromatic carbocycles. The van der Waals surface area contributed by atoms with Gasteiger partial charge in [-0.1, -0.05) is 36.4 Å². The van der Waals surface area contributed by atoms with Crippen LogP contribution in [0.4, 0.5) is 17.1 Å². The predicted octanol–water partition coefficient (Wildman–Crippen LogP) is 8.60. The molecule has 2 N–H and O–H groups in total. The molecule has 1 aliphatic rings. The molecule has 0 saturated heterocycles. The zero-order chi connectivity index (χ0) is 35.8. The molecule has 0 fully saturated rings. The van der Waals surface area contributed by atoms with Crippen LogP contribution >= 0.6 is 0 Å². The van der Waals surface area contributed by atoms with E-state index in [2.05, 4.69) is 96.2 Å². The van der Waals surface area contributed by atoms with E-state index >= 15 is 0 Å². The number of rotatable bonds is 11. The summed E-state index contributed by atoms with van der Waals surface area (Å²) in [5, 5.41) is 1.11. The van der Waals surface area contributed by atoms with Gasteiger partial charge in [0.1, 0.15) is 0 Å². The number of pyridine rings is 5. The van der Waals surface area contributed by atoms with Crippen molar-refractivity contribution >= 4 is 45.8 Å². The molecule has 0 atom stereocenters. The van der Waals surface area contributed by atoms with Crippen molar-refractivity contribution in [3.05, 3.63) is 187 Å². The standard InChI is InChI=1S/C44H37N9/c45-27-33(5-2-1-4-32-7-12-37(13-8-32)53-43-6-3-20-48-30-41(43)42-31-49-25-19-44(42)53)34-9-10-35(50-28-34)26-36-11-14-40(29-51-36)52(38-15-21-46-22-16-38)39-17-23-47-24-18-39/h2-3,5-19,21-25,27-31H,1,4,20,26,45H2/b5-2-,33-27+. The van der Waals surface area contributed by atoms with Crippen molar-refractivity contribution in [3.63, 3.8) is 0 Å². The van der Waals surface area contributed by atoms with Crippen LogP contribution in [0, 0.1) is 0 Å².